The molecule has 0 atom stereocenters. The number of rotatable bonds is 5. The molecule has 0 heterocycles. The maximum atomic E-state index is 13.2. The summed E-state index contributed by atoms with van der Waals surface area (Å²) < 4.78 is 0. The molecule has 1 heteroatoms. The predicted octanol–water partition coefficient (Wildman–Crippen LogP) is 4.85. The summed E-state index contributed by atoms with van der Waals surface area (Å²) in [5, 5.41) is 0. The third-order valence-corrected chi connectivity index (χ3v) is 4.24. The van der Waals surface area contributed by atoms with Crippen molar-refractivity contribution in [2.45, 2.75) is 33.1 Å². The van der Waals surface area contributed by atoms with Crippen molar-refractivity contribution in [2.24, 2.45) is 11.8 Å². The normalized spacial score (nSPS) is 11.9. The number of benzene rings is 2. The zero-order valence-electron chi connectivity index (χ0n) is 13.3. The van der Waals surface area contributed by atoms with Crippen LogP contribution in [0.3, 0.4) is 0 Å². The SMILES string of the molecule is CC(C)C(=O)C(c1ccccc1)(c1ccccc1)C(C)C. The second-order valence-corrected chi connectivity index (χ2v) is 6.21. The Kier molecular flexibility index (Phi) is 4.62. The summed E-state index contributed by atoms with van der Waals surface area (Å²) >= 11 is 0. The summed E-state index contributed by atoms with van der Waals surface area (Å²) in [6.07, 6.45) is 0. The number of hydrogen-bond donors (Lipinski definition) is 0. The van der Waals surface area contributed by atoms with Gasteiger partial charge in [0.15, 0.2) is 5.78 Å². The molecule has 0 aliphatic rings. The van der Waals surface area contributed by atoms with Crippen molar-refractivity contribution >= 4 is 5.78 Å². The Bertz CT molecular complexity index is 542. The molecular formula is C20H24O. The molecule has 0 saturated heterocycles. The first-order chi connectivity index (χ1) is 10.0. The van der Waals surface area contributed by atoms with E-state index in [4.69, 9.17) is 0 Å². The van der Waals surface area contributed by atoms with Gasteiger partial charge in [0.1, 0.15) is 0 Å². The second kappa shape index (κ2) is 6.26. The van der Waals surface area contributed by atoms with E-state index in [0.29, 0.717) is 0 Å². The first kappa shape index (κ1) is 15.5. The van der Waals surface area contributed by atoms with Crippen molar-refractivity contribution in [3.63, 3.8) is 0 Å². The van der Waals surface area contributed by atoms with E-state index in [0.717, 1.165) is 11.1 Å². The van der Waals surface area contributed by atoms with Crippen molar-refractivity contribution in [2.75, 3.05) is 0 Å². The van der Waals surface area contributed by atoms with Gasteiger partial charge in [-0.05, 0) is 17.0 Å². The van der Waals surface area contributed by atoms with Gasteiger partial charge in [-0.3, -0.25) is 4.79 Å². The minimum atomic E-state index is -0.573. The average Bonchev–Trinajstić information content (AvgIpc) is 2.49. The van der Waals surface area contributed by atoms with E-state index < -0.39 is 5.41 Å². The Morgan fingerprint density at radius 1 is 0.762 bits per heavy atom. The Labute approximate surface area is 128 Å². The van der Waals surface area contributed by atoms with Crippen LogP contribution < -0.4 is 0 Å². The molecule has 0 amide bonds. The van der Waals surface area contributed by atoms with Crippen molar-refractivity contribution < 1.29 is 4.79 Å². The van der Waals surface area contributed by atoms with Gasteiger partial charge >= 0.3 is 0 Å². The zero-order valence-corrected chi connectivity index (χ0v) is 13.3. The number of Topliss-reactive ketones (excluding diaryl/α,β-unsaturated/α-hetero) is 1. The van der Waals surface area contributed by atoms with Crippen molar-refractivity contribution in [1.29, 1.82) is 0 Å². The summed E-state index contributed by atoms with van der Waals surface area (Å²) in [6.45, 7) is 8.26. The van der Waals surface area contributed by atoms with Crippen LogP contribution in [0.15, 0.2) is 60.7 Å². The van der Waals surface area contributed by atoms with Crippen molar-refractivity contribution in [1.82, 2.24) is 0 Å². The number of hydrogen-bond acceptors (Lipinski definition) is 1. The van der Waals surface area contributed by atoms with Gasteiger partial charge in [0, 0.05) is 5.92 Å². The van der Waals surface area contributed by atoms with Crippen LogP contribution >= 0.6 is 0 Å². The highest BCUT2D eigenvalue weighted by molar-refractivity contribution is 5.95. The molecule has 0 aromatic heterocycles. The van der Waals surface area contributed by atoms with Crippen LogP contribution in [0.1, 0.15) is 38.8 Å². The maximum absolute atomic E-state index is 13.2. The highest BCUT2D eigenvalue weighted by Crippen LogP contribution is 2.41. The maximum Gasteiger partial charge on any atom is 0.150 e. The predicted molar refractivity (Wildman–Crippen MR) is 88.3 cm³/mol. The lowest BCUT2D eigenvalue weighted by Crippen LogP contribution is -2.44. The topological polar surface area (TPSA) is 17.1 Å². The third-order valence-electron chi connectivity index (χ3n) is 4.24. The first-order valence-electron chi connectivity index (χ1n) is 7.66. The molecule has 0 unspecified atom stereocenters. The molecule has 110 valence electrons. The van der Waals surface area contributed by atoms with Gasteiger partial charge in [0.2, 0.25) is 0 Å². The highest BCUT2D eigenvalue weighted by atomic mass is 16.1. The van der Waals surface area contributed by atoms with Gasteiger partial charge in [0.25, 0.3) is 0 Å². The van der Waals surface area contributed by atoms with Gasteiger partial charge in [-0.15, -0.1) is 0 Å². The Hall–Kier alpha value is -1.89. The Balaban J connectivity index is 2.76. The highest BCUT2D eigenvalue weighted by Gasteiger charge is 2.45. The molecule has 0 fully saturated rings. The van der Waals surface area contributed by atoms with Gasteiger partial charge in [0.05, 0.1) is 5.41 Å². The molecule has 0 aliphatic heterocycles. The molecule has 1 nitrogen and oxygen atoms in total. The molecule has 21 heavy (non-hydrogen) atoms. The molecule has 0 saturated carbocycles. The lowest BCUT2D eigenvalue weighted by Gasteiger charge is -2.39. The number of carbonyl (C=O) groups excluding carboxylic acids is 1. The fourth-order valence-electron chi connectivity index (χ4n) is 3.26. The largest absolute Gasteiger partial charge is 0.298 e. The Morgan fingerprint density at radius 2 is 1.14 bits per heavy atom. The number of carbonyl (C=O) groups is 1. The van der Waals surface area contributed by atoms with Crippen LogP contribution in [-0.4, -0.2) is 5.78 Å². The Morgan fingerprint density at radius 3 is 1.43 bits per heavy atom. The molecule has 2 aromatic rings. The van der Waals surface area contributed by atoms with E-state index >= 15 is 0 Å². The molecular weight excluding hydrogens is 256 g/mol. The lowest BCUT2D eigenvalue weighted by atomic mass is 9.62. The van der Waals surface area contributed by atoms with Gasteiger partial charge in [-0.25, -0.2) is 0 Å². The fourth-order valence-corrected chi connectivity index (χ4v) is 3.26. The minimum absolute atomic E-state index is 0.00666. The molecule has 0 bridgehead atoms. The minimum Gasteiger partial charge on any atom is -0.298 e. The smallest absolute Gasteiger partial charge is 0.150 e. The fraction of sp³-hybridized carbons (Fsp3) is 0.350. The monoisotopic (exact) mass is 280 g/mol. The summed E-state index contributed by atoms with van der Waals surface area (Å²) in [7, 11) is 0. The van der Waals surface area contributed by atoms with Gasteiger partial charge < -0.3 is 0 Å². The summed E-state index contributed by atoms with van der Waals surface area (Å²) in [5.41, 5.74) is 1.60. The number of ketones is 1. The van der Waals surface area contributed by atoms with Crippen molar-refractivity contribution in [3.8, 4) is 0 Å². The lowest BCUT2D eigenvalue weighted by molar-refractivity contribution is -0.127. The summed E-state index contributed by atoms with van der Waals surface area (Å²) in [5.74, 6) is 0.472. The summed E-state index contributed by atoms with van der Waals surface area (Å²) in [6, 6.07) is 20.4. The van der Waals surface area contributed by atoms with E-state index in [9.17, 15) is 4.79 Å². The second-order valence-electron chi connectivity index (χ2n) is 6.21. The molecule has 0 aliphatic carbocycles. The van der Waals surface area contributed by atoms with Crippen LogP contribution in [-0.2, 0) is 10.2 Å². The van der Waals surface area contributed by atoms with E-state index in [2.05, 4.69) is 38.1 Å². The standard InChI is InChI=1S/C20H24O/c1-15(2)19(21)20(16(3)4,17-11-7-5-8-12-17)18-13-9-6-10-14-18/h5-16H,1-4H3. The van der Waals surface area contributed by atoms with Crippen LogP contribution in [0.25, 0.3) is 0 Å². The molecule has 2 rings (SSSR count). The quantitative estimate of drug-likeness (QED) is 0.765. The zero-order chi connectivity index (χ0) is 15.5. The van der Waals surface area contributed by atoms with E-state index in [1.54, 1.807) is 0 Å². The van der Waals surface area contributed by atoms with Crippen LogP contribution in [0.5, 0.6) is 0 Å². The molecule has 2 aromatic carbocycles. The summed E-state index contributed by atoms with van der Waals surface area (Å²) in [4.78, 5) is 13.2. The molecule has 0 spiro atoms. The van der Waals surface area contributed by atoms with Crippen LogP contribution in [0.4, 0.5) is 0 Å². The van der Waals surface area contributed by atoms with Gasteiger partial charge in [-0.1, -0.05) is 88.4 Å². The first-order valence-corrected chi connectivity index (χ1v) is 7.66. The van der Waals surface area contributed by atoms with Crippen molar-refractivity contribution in [3.05, 3.63) is 71.8 Å². The van der Waals surface area contributed by atoms with Crippen LogP contribution in [0.2, 0.25) is 0 Å². The van der Waals surface area contributed by atoms with Crippen LogP contribution in [0, 0.1) is 11.8 Å². The third kappa shape index (κ3) is 2.65. The van der Waals surface area contributed by atoms with E-state index in [1.807, 2.05) is 50.2 Å². The van der Waals surface area contributed by atoms with Gasteiger partial charge in [-0.2, -0.15) is 0 Å². The van der Waals surface area contributed by atoms with E-state index in [-0.39, 0.29) is 17.6 Å². The molecule has 0 N–H and O–H groups in total. The molecule has 0 radical (unpaired) electrons. The van der Waals surface area contributed by atoms with E-state index in [1.165, 1.54) is 0 Å². The average molecular weight is 280 g/mol.